The summed E-state index contributed by atoms with van der Waals surface area (Å²) < 4.78 is 15.7. The molecule has 1 N–H and O–H groups in total. The summed E-state index contributed by atoms with van der Waals surface area (Å²) in [6.07, 6.45) is 1.67. The monoisotopic (exact) mass is 307 g/mol. The summed E-state index contributed by atoms with van der Waals surface area (Å²) in [4.78, 5) is 0. The Kier molecular flexibility index (Phi) is 4.24. The van der Waals surface area contributed by atoms with Gasteiger partial charge in [-0.15, -0.1) is 0 Å². The summed E-state index contributed by atoms with van der Waals surface area (Å²) in [6.45, 7) is 4.17. The zero-order valence-corrected chi connectivity index (χ0v) is 13.1. The lowest BCUT2D eigenvalue weighted by Crippen LogP contribution is -1.99. The summed E-state index contributed by atoms with van der Waals surface area (Å²) in [5.74, 6) is -0.321. The van der Waals surface area contributed by atoms with E-state index in [0.29, 0.717) is 5.69 Å². The molecule has 23 heavy (non-hydrogen) atoms. The van der Waals surface area contributed by atoms with Crippen LogP contribution in [-0.4, -0.2) is 10.8 Å². The summed E-state index contributed by atoms with van der Waals surface area (Å²) in [5, 5.41) is 4.08. The van der Waals surface area contributed by atoms with E-state index in [0.717, 1.165) is 11.3 Å². The molecule has 0 aliphatic heterocycles. The maximum absolute atomic E-state index is 13.5. The third-order valence-corrected chi connectivity index (χ3v) is 3.69. The van der Waals surface area contributed by atoms with Gasteiger partial charge in [0.05, 0.1) is 11.9 Å². The molecule has 0 bridgehead atoms. The van der Waals surface area contributed by atoms with Gasteiger partial charge in [0, 0.05) is 17.1 Å². The number of aromatic nitrogens is 1. The van der Waals surface area contributed by atoms with E-state index in [1.54, 1.807) is 24.4 Å². The minimum atomic E-state index is -0.321. The first-order chi connectivity index (χ1) is 11.1. The van der Waals surface area contributed by atoms with Crippen LogP contribution >= 0.6 is 0 Å². The molecule has 0 saturated heterocycles. The average Bonchev–Trinajstić information content (AvgIpc) is 2.89. The lowest BCUT2D eigenvalue weighted by atomic mass is 10.2. The van der Waals surface area contributed by atoms with E-state index in [4.69, 9.17) is 0 Å². The highest BCUT2D eigenvalue weighted by Gasteiger charge is 2.03. The number of hydrazone groups is 1. The molecule has 3 rings (SSSR count). The SMILES string of the molecule is Cc1ccc(C)n1-c1ccc(/C=N/Nc2ccccc2F)cc1. The second kappa shape index (κ2) is 6.48. The van der Waals surface area contributed by atoms with E-state index in [1.807, 2.05) is 24.3 Å². The minimum absolute atomic E-state index is 0.321. The Morgan fingerprint density at radius 3 is 2.22 bits per heavy atom. The van der Waals surface area contributed by atoms with Gasteiger partial charge in [-0.3, -0.25) is 5.43 Å². The van der Waals surface area contributed by atoms with Crippen molar-refractivity contribution in [2.24, 2.45) is 5.10 Å². The average molecular weight is 307 g/mol. The van der Waals surface area contributed by atoms with E-state index in [2.05, 4.69) is 41.1 Å². The number of nitrogens with one attached hydrogen (secondary N) is 1. The van der Waals surface area contributed by atoms with Crippen molar-refractivity contribution in [1.29, 1.82) is 0 Å². The number of hydrogen-bond donors (Lipinski definition) is 1. The molecule has 1 aromatic heterocycles. The molecule has 2 aromatic carbocycles. The second-order valence-electron chi connectivity index (χ2n) is 5.39. The Morgan fingerprint density at radius 1 is 0.913 bits per heavy atom. The molecule has 3 nitrogen and oxygen atoms in total. The maximum atomic E-state index is 13.5. The third-order valence-electron chi connectivity index (χ3n) is 3.69. The van der Waals surface area contributed by atoms with Crippen LogP contribution in [0.15, 0.2) is 65.8 Å². The first kappa shape index (κ1) is 15.0. The van der Waals surface area contributed by atoms with Crippen molar-refractivity contribution in [3.8, 4) is 5.69 Å². The summed E-state index contributed by atoms with van der Waals surface area (Å²) >= 11 is 0. The molecule has 3 aromatic rings. The fourth-order valence-electron chi connectivity index (χ4n) is 2.51. The highest BCUT2D eigenvalue weighted by atomic mass is 19.1. The van der Waals surface area contributed by atoms with Gasteiger partial charge < -0.3 is 4.57 Å². The lowest BCUT2D eigenvalue weighted by molar-refractivity contribution is 0.631. The predicted molar refractivity (Wildman–Crippen MR) is 92.9 cm³/mol. The highest BCUT2D eigenvalue weighted by molar-refractivity contribution is 5.80. The van der Waals surface area contributed by atoms with E-state index in [1.165, 1.54) is 17.5 Å². The normalized spacial score (nSPS) is 11.1. The number of benzene rings is 2. The number of hydrogen-bond acceptors (Lipinski definition) is 2. The quantitative estimate of drug-likeness (QED) is 0.550. The molecule has 0 saturated carbocycles. The molecule has 0 atom stereocenters. The van der Waals surface area contributed by atoms with E-state index >= 15 is 0 Å². The Balaban J connectivity index is 1.73. The molecular weight excluding hydrogens is 289 g/mol. The molecular formula is C19H18FN3. The van der Waals surface area contributed by atoms with Crippen LogP contribution in [0.1, 0.15) is 17.0 Å². The molecule has 0 aliphatic rings. The van der Waals surface area contributed by atoms with Crippen molar-refractivity contribution < 1.29 is 4.39 Å². The Labute approximate surface area is 135 Å². The van der Waals surface area contributed by atoms with Gasteiger partial charge in [0.15, 0.2) is 0 Å². The largest absolute Gasteiger partial charge is 0.319 e. The van der Waals surface area contributed by atoms with Gasteiger partial charge in [-0.25, -0.2) is 4.39 Å². The number of nitrogens with zero attached hydrogens (tertiary/aromatic N) is 2. The van der Waals surface area contributed by atoms with Gasteiger partial charge in [-0.2, -0.15) is 5.10 Å². The predicted octanol–water partition coefficient (Wildman–Crippen LogP) is 4.68. The van der Waals surface area contributed by atoms with Crippen molar-refractivity contribution in [1.82, 2.24) is 4.57 Å². The van der Waals surface area contributed by atoms with Gasteiger partial charge in [0.1, 0.15) is 5.82 Å². The van der Waals surface area contributed by atoms with Crippen LogP contribution < -0.4 is 5.43 Å². The Bertz CT molecular complexity index is 813. The fraction of sp³-hybridized carbons (Fsp3) is 0.105. The molecule has 0 spiro atoms. The van der Waals surface area contributed by atoms with Crippen LogP contribution in [0.2, 0.25) is 0 Å². The summed E-state index contributed by atoms with van der Waals surface area (Å²) in [7, 11) is 0. The number of para-hydroxylation sites is 1. The number of anilines is 1. The molecule has 4 heteroatoms. The van der Waals surface area contributed by atoms with Gasteiger partial charge in [-0.05, 0) is 55.8 Å². The summed E-state index contributed by atoms with van der Waals surface area (Å²) in [6, 6.07) is 18.7. The van der Waals surface area contributed by atoms with Crippen molar-refractivity contribution in [2.75, 3.05) is 5.43 Å². The summed E-state index contributed by atoms with van der Waals surface area (Å²) in [5.41, 5.74) is 7.53. The van der Waals surface area contributed by atoms with Crippen LogP contribution in [0.5, 0.6) is 0 Å². The number of aryl methyl sites for hydroxylation is 2. The van der Waals surface area contributed by atoms with Crippen molar-refractivity contribution in [3.63, 3.8) is 0 Å². The van der Waals surface area contributed by atoms with E-state index < -0.39 is 0 Å². The molecule has 0 amide bonds. The van der Waals surface area contributed by atoms with Crippen LogP contribution in [0.3, 0.4) is 0 Å². The van der Waals surface area contributed by atoms with Crippen molar-refractivity contribution in [2.45, 2.75) is 13.8 Å². The van der Waals surface area contributed by atoms with Crippen LogP contribution in [0.4, 0.5) is 10.1 Å². The van der Waals surface area contributed by atoms with Gasteiger partial charge >= 0.3 is 0 Å². The molecule has 116 valence electrons. The maximum Gasteiger partial charge on any atom is 0.148 e. The van der Waals surface area contributed by atoms with Crippen molar-refractivity contribution in [3.05, 3.63) is 83.4 Å². The minimum Gasteiger partial charge on any atom is -0.319 e. The molecule has 1 heterocycles. The van der Waals surface area contributed by atoms with Crippen molar-refractivity contribution >= 4 is 11.9 Å². The number of halogens is 1. The topological polar surface area (TPSA) is 29.3 Å². The smallest absolute Gasteiger partial charge is 0.148 e. The van der Waals surface area contributed by atoms with Crippen LogP contribution in [0, 0.1) is 19.7 Å². The molecule has 0 unspecified atom stereocenters. The molecule has 0 fully saturated rings. The Morgan fingerprint density at radius 2 is 1.57 bits per heavy atom. The van der Waals surface area contributed by atoms with E-state index in [9.17, 15) is 4.39 Å². The van der Waals surface area contributed by atoms with E-state index in [-0.39, 0.29) is 5.82 Å². The molecule has 0 radical (unpaired) electrons. The van der Waals surface area contributed by atoms with Gasteiger partial charge in [-0.1, -0.05) is 24.3 Å². The fourth-order valence-corrected chi connectivity index (χ4v) is 2.51. The number of rotatable bonds is 4. The third kappa shape index (κ3) is 3.31. The van der Waals surface area contributed by atoms with Gasteiger partial charge in [0.2, 0.25) is 0 Å². The second-order valence-corrected chi connectivity index (χ2v) is 5.39. The first-order valence-electron chi connectivity index (χ1n) is 7.44. The van der Waals surface area contributed by atoms with Gasteiger partial charge in [0.25, 0.3) is 0 Å². The van der Waals surface area contributed by atoms with Crippen LogP contribution in [0.25, 0.3) is 5.69 Å². The lowest BCUT2D eigenvalue weighted by Gasteiger charge is -2.09. The van der Waals surface area contributed by atoms with Crippen LogP contribution in [-0.2, 0) is 0 Å². The Hall–Kier alpha value is -2.88. The first-order valence-corrected chi connectivity index (χ1v) is 7.44. The zero-order valence-electron chi connectivity index (χ0n) is 13.1. The standard InChI is InChI=1S/C19H18FN3/c1-14-7-8-15(2)23(14)17-11-9-16(10-12-17)13-21-22-19-6-4-3-5-18(19)20/h3-13,22H,1-2H3/b21-13+. The molecule has 0 aliphatic carbocycles. The highest BCUT2D eigenvalue weighted by Crippen LogP contribution is 2.16. The zero-order chi connectivity index (χ0) is 16.2.